The lowest BCUT2D eigenvalue weighted by atomic mass is 10.1. The van der Waals surface area contributed by atoms with Crippen molar-refractivity contribution in [2.24, 2.45) is 0 Å². The van der Waals surface area contributed by atoms with E-state index in [9.17, 15) is 4.79 Å². The molecule has 1 aliphatic rings. The summed E-state index contributed by atoms with van der Waals surface area (Å²) in [7, 11) is 0. The maximum atomic E-state index is 12.0. The molecule has 3 rings (SSSR count). The molecule has 0 radical (unpaired) electrons. The Morgan fingerprint density at radius 2 is 2.24 bits per heavy atom. The van der Waals surface area contributed by atoms with Crippen LogP contribution < -0.4 is 10.6 Å². The number of hydrogen-bond acceptors (Lipinski definition) is 4. The molecule has 0 saturated carbocycles. The lowest BCUT2D eigenvalue weighted by molar-refractivity contribution is -0.117. The summed E-state index contributed by atoms with van der Waals surface area (Å²) >= 11 is 1.64. The van der Waals surface area contributed by atoms with E-state index in [1.165, 1.54) is 0 Å². The zero-order valence-electron chi connectivity index (χ0n) is 12.1. The Kier molecular flexibility index (Phi) is 4.03. The lowest BCUT2D eigenvalue weighted by Gasteiger charge is -2.10. The molecule has 110 valence electrons. The molecular weight excluding hydrogens is 284 g/mol. The van der Waals surface area contributed by atoms with E-state index < -0.39 is 0 Å². The summed E-state index contributed by atoms with van der Waals surface area (Å²) in [6, 6.07) is 7.83. The van der Waals surface area contributed by atoms with Crippen LogP contribution in [-0.2, 0) is 4.79 Å². The number of carbonyl (C=O) groups is 1. The van der Waals surface area contributed by atoms with E-state index in [2.05, 4.69) is 23.6 Å². The van der Waals surface area contributed by atoms with E-state index in [4.69, 9.17) is 4.42 Å². The quantitative estimate of drug-likeness (QED) is 0.883. The first kappa shape index (κ1) is 14.2. The van der Waals surface area contributed by atoms with Crippen molar-refractivity contribution < 1.29 is 9.21 Å². The molecule has 2 N–H and O–H groups in total. The summed E-state index contributed by atoms with van der Waals surface area (Å²) in [4.78, 5) is 14.2. The summed E-state index contributed by atoms with van der Waals surface area (Å²) in [5.74, 6) is 0.937. The number of benzene rings is 1. The van der Waals surface area contributed by atoms with Crippen LogP contribution >= 0.6 is 11.8 Å². The highest BCUT2D eigenvalue weighted by atomic mass is 32.2. The van der Waals surface area contributed by atoms with Gasteiger partial charge in [-0.1, -0.05) is 24.8 Å². The fourth-order valence-electron chi connectivity index (χ4n) is 2.40. The highest BCUT2D eigenvalue weighted by molar-refractivity contribution is 7.99. The molecule has 1 unspecified atom stereocenters. The number of anilines is 1. The van der Waals surface area contributed by atoms with Gasteiger partial charge in [-0.15, -0.1) is 0 Å². The molecular formula is C16H18N2O2S. The predicted molar refractivity (Wildman–Crippen MR) is 83.7 cm³/mol. The minimum atomic E-state index is -0.227. The Labute approximate surface area is 128 Å². The molecule has 0 saturated heterocycles. The molecule has 0 spiro atoms. The summed E-state index contributed by atoms with van der Waals surface area (Å²) < 4.78 is 5.31. The summed E-state index contributed by atoms with van der Waals surface area (Å²) in [6.45, 7) is 4.87. The second kappa shape index (κ2) is 5.95. The average molecular weight is 302 g/mol. The van der Waals surface area contributed by atoms with Crippen LogP contribution in [0.2, 0.25) is 0 Å². The van der Waals surface area contributed by atoms with E-state index in [-0.39, 0.29) is 11.9 Å². The largest absolute Gasteiger partial charge is 0.468 e. The second-order valence-electron chi connectivity index (χ2n) is 5.07. The van der Waals surface area contributed by atoms with Gasteiger partial charge < -0.3 is 15.1 Å². The molecule has 1 aliphatic heterocycles. The van der Waals surface area contributed by atoms with Crippen LogP contribution in [0.15, 0.2) is 44.7 Å². The summed E-state index contributed by atoms with van der Waals surface area (Å²) in [5.41, 5.74) is 1.93. The third-order valence-corrected chi connectivity index (χ3v) is 4.63. The average Bonchev–Trinajstić information content (AvgIpc) is 3.00. The van der Waals surface area contributed by atoms with Crippen molar-refractivity contribution in [3.05, 3.63) is 41.9 Å². The van der Waals surface area contributed by atoms with Gasteiger partial charge in [0.2, 0.25) is 5.91 Å². The van der Waals surface area contributed by atoms with Crippen molar-refractivity contribution >= 4 is 23.4 Å². The van der Waals surface area contributed by atoms with Gasteiger partial charge in [-0.3, -0.25) is 4.79 Å². The highest BCUT2D eigenvalue weighted by Crippen LogP contribution is 2.37. The van der Waals surface area contributed by atoms with Crippen LogP contribution in [0.4, 0.5) is 5.69 Å². The molecule has 0 aliphatic carbocycles. The predicted octanol–water partition coefficient (Wildman–Crippen LogP) is 3.73. The third kappa shape index (κ3) is 2.84. The zero-order chi connectivity index (χ0) is 14.8. The summed E-state index contributed by atoms with van der Waals surface area (Å²) in [5, 5.41) is 6.23. The normalized spacial score (nSPS) is 16.9. The van der Waals surface area contributed by atoms with E-state index in [1.54, 1.807) is 18.0 Å². The maximum Gasteiger partial charge on any atom is 0.246 e. The van der Waals surface area contributed by atoms with Crippen molar-refractivity contribution in [1.82, 2.24) is 5.32 Å². The standard InChI is InChI=1S/C16H18N2O2S/c1-3-7-17-15-12-5-4-11(9-13(12)18-16(15)19)21-14-6-8-20-10(14)2/h4-6,8-9,15,17H,3,7H2,1-2H3,(H,18,19). The number of fused-ring (bicyclic) bond motifs is 1. The van der Waals surface area contributed by atoms with Gasteiger partial charge in [-0.05, 0) is 38.1 Å². The van der Waals surface area contributed by atoms with Gasteiger partial charge in [0.15, 0.2) is 0 Å². The van der Waals surface area contributed by atoms with E-state index in [0.717, 1.165) is 39.8 Å². The topological polar surface area (TPSA) is 54.3 Å². The van der Waals surface area contributed by atoms with Crippen molar-refractivity contribution in [2.45, 2.75) is 36.1 Å². The van der Waals surface area contributed by atoms with Crippen LogP contribution in [0.1, 0.15) is 30.7 Å². The molecule has 4 nitrogen and oxygen atoms in total. The second-order valence-corrected chi connectivity index (χ2v) is 6.18. The first-order valence-electron chi connectivity index (χ1n) is 7.09. The molecule has 0 fully saturated rings. The summed E-state index contributed by atoms with van der Waals surface area (Å²) in [6.07, 6.45) is 2.70. The van der Waals surface area contributed by atoms with Gasteiger partial charge >= 0.3 is 0 Å². The zero-order valence-corrected chi connectivity index (χ0v) is 12.9. The van der Waals surface area contributed by atoms with Crippen LogP contribution in [-0.4, -0.2) is 12.5 Å². The lowest BCUT2D eigenvalue weighted by Crippen LogP contribution is -2.27. The first-order valence-corrected chi connectivity index (χ1v) is 7.91. The fourth-order valence-corrected chi connectivity index (χ4v) is 3.28. The Morgan fingerprint density at radius 1 is 1.38 bits per heavy atom. The number of amides is 1. The number of rotatable bonds is 5. The Hall–Kier alpha value is -1.72. The molecule has 2 heterocycles. The van der Waals surface area contributed by atoms with Crippen LogP contribution in [0.5, 0.6) is 0 Å². The minimum Gasteiger partial charge on any atom is -0.468 e. The SMILES string of the molecule is CCCNC1C(=O)Nc2cc(Sc3ccoc3C)ccc21. The monoisotopic (exact) mass is 302 g/mol. The van der Waals surface area contributed by atoms with Gasteiger partial charge in [0.05, 0.1) is 11.2 Å². The van der Waals surface area contributed by atoms with Crippen molar-refractivity contribution in [2.75, 3.05) is 11.9 Å². The number of hydrogen-bond donors (Lipinski definition) is 2. The first-order chi connectivity index (χ1) is 10.2. The van der Waals surface area contributed by atoms with Gasteiger partial charge in [-0.25, -0.2) is 0 Å². The molecule has 1 aromatic carbocycles. The fraction of sp³-hybridized carbons (Fsp3) is 0.312. The molecule has 1 aromatic heterocycles. The van der Waals surface area contributed by atoms with Crippen molar-refractivity contribution in [3.63, 3.8) is 0 Å². The highest BCUT2D eigenvalue weighted by Gasteiger charge is 2.29. The smallest absolute Gasteiger partial charge is 0.246 e. The van der Waals surface area contributed by atoms with Crippen LogP contribution in [0.3, 0.4) is 0 Å². The number of furan rings is 1. The number of aryl methyl sites for hydroxylation is 1. The van der Waals surface area contributed by atoms with E-state index >= 15 is 0 Å². The Balaban J connectivity index is 1.81. The van der Waals surface area contributed by atoms with Gasteiger partial charge in [-0.2, -0.15) is 0 Å². The van der Waals surface area contributed by atoms with Crippen LogP contribution in [0.25, 0.3) is 0 Å². The maximum absolute atomic E-state index is 12.0. The number of nitrogens with one attached hydrogen (secondary N) is 2. The molecule has 2 aromatic rings. The van der Waals surface area contributed by atoms with E-state index in [0.29, 0.717) is 0 Å². The van der Waals surface area contributed by atoms with Gasteiger partial charge in [0.25, 0.3) is 0 Å². The molecule has 21 heavy (non-hydrogen) atoms. The third-order valence-electron chi connectivity index (χ3n) is 3.49. The van der Waals surface area contributed by atoms with Gasteiger partial charge in [0.1, 0.15) is 11.8 Å². The molecule has 5 heteroatoms. The Morgan fingerprint density at radius 3 is 2.95 bits per heavy atom. The van der Waals surface area contributed by atoms with Crippen LogP contribution in [0, 0.1) is 6.92 Å². The van der Waals surface area contributed by atoms with Gasteiger partial charge in [0, 0.05) is 16.1 Å². The van der Waals surface area contributed by atoms with Crippen molar-refractivity contribution in [3.8, 4) is 0 Å². The van der Waals surface area contributed by atoms with Crippen molar-refractivity contribution in [1.29, 1.82) is 0 Å². The molecule has 1 amide bonds. The Bertz CT molecular complexity index is 666. The molecule has 0 bridgehead atoms. The van der Waals surface area contributed by atoms with E-state index in [1.807, 2.05) is 25.1 Å². The minimum absolute atomic E-state index is 0.0279. The molecule has 1 atom stereocenters. The number of carbonyl (C=O) groups excluding carboxylic acids is 1.